The minimum atomic E-state index is -3.84. The molecule has 0 spiro atoms. The number of carbonyl (C=O) groups excluding carboxylic acids is 2. The molecule has 2 amide bonds. The number of carbonyl (C=O) groups is 2. The van der Waals surface area contributed by atoms with Crippen molar-refractivity contribution in [2.75, 3.05) is 0 Å². The summed E-state index contributed by atoms with van der Waals surface area (Å²) in [6.45, 7) is 5.25. The molecule has 0 saturated carbocycles. The molecule has 0 aliphatic rings. The zero-order valence-corrected chi connectivity index (χ0v) is 16.3. The van der Waals surface area contributed by atoms with Crippen molar-refractivity contribution in [1.29, 1.82) is 0 Å². The van der Waals surface area contributed by atoms with Crippen LogP contribution >= 0.6 is 0 Å². The Balaban J connectivity index is 1.92. The molecule has 1 unspecified atom stereocenters. The van der Waals surface area contributed by atoms with Gasteiger partial charge in [0.05, 0.1) is 10.9 Å². The van der Waals surface area contributed by atoms with Gasteiger partial charge in [0.1, 0.15) is 0 Å². The van der Waals surface area contributed by atoms with Crippen molar-refractivity contribution >= 4 is 21.8 Å². The topological polar surface area (TPSA) is 104 Å². The van der Waals surface area contributed by atoms with Crippen LogP contribution in [0.4, 0.5) is 0 Å². The molecule has 7 nitrogen and oxygen atoms in total. The molecule has 144 valence electrons. The van der Waals surface area contributed by atoms with Crippen LogP contribution < -0.4 is 15.6 Å². The zero-order valence-electron chi connectivity index (χ0n) is 15.4. The molecule has 27 heavy (non-hydrogen) atoms. The maximum absolute atomic E-state index is 12.3. The highest BCUT2D eigenvalue weighted by atomic mass is 32.2. The van der Waals surface area contributed by atoms with Gasteiger partial charge < -0.3 is 0 Å². The van der Waals surface area contributed by atoms with Gasteiger partial charge in [0.15, 0.2) is 0 Å². The molecule has 0 saturated heterocycles. The second-order valence-corrected chi connectivity index (χ2v) is 7.86. The summed E-state index contributed by atoms with van der Waals surface area (Å²) in [4.78, 5) is 24.2. The Hall–Kier alpha value is -2.71. The molecule has 8 heteroatoms. The van der Waals surface area contributed by atoms with Crippen LogP contribution in [-0.2, 0) is 21.2 Å². The van der Waals surface area contributed by atoms with Gasteiger partial charge in [-0.05, 0) is 50.1 Å². The van der Waals surface area contributed by atoms with Gasteiger partial charge in [-0.3, -0.25) is 20.4 Å². The largest absolute Gasteiger partial charge is 0.271 e. The SMILES string of the molecule is CCc1ccc(C(=O)NNC(=O)C(C)NS(=O)(=O)c2ccc(C)cc2)cc1. The van der Waals surface area contributed by atoms with Crippen LogP contribution in [0.3, 0.4) is 0 Å². The van der Waals surface area contributed by atoms with Gasteiger partial charge >= 0.3 is 0 Å². The van der Waals surface area contributed by atoms with Crippen molar-refractivity contribution in [3.05, 3.63) is 65.2 Å². The first-order valence-corrected chi connectivity index (χ1v) is 9.99. The monoisotopic (exact) mass is 389 g/mol. The third-order valence-corrected chi connectivity index (χ3v) is 5.54. The summed E-state index contributed by atoms with van der Waals surface area (Å²) >= 11 is 0. The molecule has 2 rings (SSSR count). The van der Waals surface area contributed by atoms with Crippen molar-refractivity contribution in [3.8, 4) is 0 Å². The molecule has 0 aliphatic carbocycles. The number of rotatable bonds is 6. The fourth-order valence-corrected chi connectivity index (χ4v) is 3.47. The number of amides is 2. The first kappa shape index (κ1) is 20.6. The molecular formula is C19H23N3O4S. The molecule has 2 aromatic carbocycles. The predicted octanol–water partition coefficient (Wildman–Crippen LogP) is 1.69. The molecule has 0 radical (unpaired) electrons. The second kappa shape index (κ2) is 8.79. The Kier molecular flexibility index (Phi) is 6.70. The van der Waals surface area contributed by atoms with E-state index in [4.69, 9.17) is 0 Å². The first-order valence-electron chi connectivity index (χ1n) is 8.51. The van der Waals surface area contributed by atoms with E-state index < -0.39 is 27.9 Å². The third kappa shape index (κ3) is 5.63. The van der Waals surface area contributed by atoms with Crippen LogP contribution in [0.5, 0.6) is 0 Å². The van der Waals surface area contributed by atoms with Gasteiger partial charge in [-0.25, -0.2) is 8.42 Å². The molecule has 0 fully saturated rings. The normalized spacial score (nSPS) is 12.3. The lowest BCUT2D eigenvalue weighted by molar-refractivity contribution is -0.123. The highest BCUT2D eigenvalue weighted by molar-refractivity contribution is 7.89. The number of hydrogen-bond donors (Lipinski definition) is 3. The summed E-state index contributed by atoms with van der Waals surface area (Å²) in [5.74, 6) is -1.16. The Bertz CT molecular complexity index is 907. The summed E-state index contributed by atoms with van der Waals surface area (Å²) in [7, 11) is -3.84. The standard InChI is InChI=1S/C19H23N3O4S/c1-4-15-7-9-16(10-8-15)19(24)21-20-18(23)14(3)22-27(25,26)17-11-5-13(2)6-12-17/h5-12,14,22H,4H2,1-3H3,(H,20,23)(H,21,24). The summed E-state index contributed by atoms with van der Waals surface area (Å²) in [6, 6.07) is 12.2. The van der Waals surface area contributed by atoms with E-state index in [9.17, 15) is 18.0 Å². The van der Waals surface area contributed by atoms with Gasteiger partial charge in [-0.1, -0.05) is 36.8 Å². The van der Waals surface area contributed by atoms with Crippen molar-refractivity contribution in [3.63, 3.8) is 0 Å². The van der Waals surface area contributed by atoms with Crippen LogP contribution in [0, 0.1) is 6.92 Å². The highest BCUT2D eigenvalue weighted by Crippen LogP contribution is 2.10. The lowest BCUT2D eigenvalue weighted by Crippen LogP contribution is -2.51. The lowest BCUT2D eigenvalue weighted by atomic mass is 10.1. The van der Waals surface area contributed by atoms with Crippen molar-refractivity contribution in [1.82, 2.24) is 15.6 Å². The van der Waals surface area contributed by atoms with Gasteiger partial charge in [-0.15, -0.1) is 0 Å². The Labute approximate surface area is 159 Å². The molecular weight excluding hydrogens is 366 g/mol. The smallest absolute Gasteiger partial charge is 0.269 e. The fourth-order valence-electron chi connectivity index (χ4n) is 2.26. The zero-order chi connectivity index (χ0) is 20.0. The summed E-state index contributed by atoms with van der Waals surface area (Å²) < 4.78 is 26.9. The maximum atomic E-state index is 12.3. The van der Waals surface area contributed by atoms with Crippen LogP contribution in [-0.4, -0.2) is 26.3 Å². The van der Waals surface area contributed by atoms with E-state index in [1.54, 1.807) is 24.3 Å². The molecule has 0 bridgehead atoms. The number of sulfonamides is 1. The number of nitrogens with one attached hydrogen (secondary N) is 3. The number of benzene rings is 2. The molecule has 2 aromatic rings. The molecule has 0 heterocycles. The van der Waals surface area contributed by atoms with Crippen molar-refractivity contribution < 1.29 is 18.0 Å². The van der Waals surface area contributed by atoms with Crippen LogP contribution in [0.15, 0.2) is 53.4 Å². The van der Waals surface area contributed by atoms with Gasteiger partial charge in [0.2, 0.25) is 10.0 Å². The summed E-state index contributed by atoms with van der Waals surface area (Å²) in [5, 5.41) is 0. The minimum Gasteiger partial charge on any atom is -0.271 e. The van der Waals surface area contributed by atoms with E-state index in [0.29, 0.717) is 5.56 Å². The molecule has 0 aromatic heterocycles. The van der Waals surface area contributed by atoms with Gasteiger partial charge in [-0.2, -0.15) is 4.72 Å². The Morgan fingerprint density at radius 2 is 1.56 bits per heavy atom. The highest BCUT2D eigenvalue weighted by Gasteiger charge is 2.22. The van der Waals surface area contributed by atoms with E-state index >= 15 is 0 Å². The number of aryl methyl sites for hydroxylation is 2. The third-order valence-electron chi connectivity index (χ3n) is 3.98. The van der Waals surface area contributed by atoms with Crippen LogP contribution in [0.25, 0.3) is 0 Å². The lowest BCUT2D eigenvalue weighted by Gasteiger charge is -2.15. The van der Waals surface area contributed by atoms with E-state index in [1.807, 2.05) is 26.0 Å². The molecule has 1 atom stereocenters. The minimum absolute atomic E-state index is 0.0628. The average molecular weight is 389 g/mol. The quantitative estimate of drug-likeness (QED) is 0.654. The Morgan fingerprint density at radius 1 is 0.963 bits per heavy atom. The first-order chi connectivity index (χ1) is 12.7. The predicted molar refractivity (Wildman–Crippen MR) is 102 cm³/mol. The van der Waals surface area contributed by atoms with Crippen molar-refractivity contribution in [2.45, 2.75) is 38.1 Å². The van der Waals surface area contributed by atoms with E-state index in [1.165, 1.54) is 19.1 Å². The van der Waals surface area contributed by atoms with Crippen LogP contribution in [0.1, 0.15) is 35.3 Å². The number of hydrogen-bond acceptors (Lipinski definition) is 4. The van der Waals surface area contributed by atoms with Crippen molar-refractivity contribution in [2.24, 2.45) is 0 Å². The second-order valence-electron chi connectivity index (χ2n) is 6.15. The Morgan fingerprint density at radius 3 is 2.11 bits per heavy atom. The average Bonchev–Trinajstić information content (AvgIpc) is 2.65. The number of hydrazine groups is 1. The van der Waals surface area contributed by atoms with Gasteiger partial charge in [0, 0.05) is 5.56 Å². The fraction of sp³-hybridized carbons (Fsp3) is 0.263. The summed E-state index contributed by atoms with van der Waals surface area (Å²) in [6.07, 6.45) is 0.858. The van der Waals surface area contributed by atoms with E-state index in [2.05, 4.69) is 15.6 Å². The molecule has 0 aliphatic heterocycles. The van der Waals surface area contributed by atoms with E-state index in [0.717, 1.165) is 17.5 Å². The summed E-state index contributed by atoms with van der Waals surface area (Å²) in [5.41, 5.74) is 6.91. The van der Waals surface area contributed by atoms with E-state index in [-0.39, 0.29) is 4.90 Å². The molecule has 3 N–H and O–H groups in total. The van der Waals surface area contributed by atoms with Gasteiger partial charge in [0.25, 0.3) is 11.8 Å². The van der Waals surface area contributed by atoms with Crippen LogP contribution in [0.2, 0.25) is 0 Å². The maximum Gasteiger partial charge on any atom is 0.269 e.